The van der Waals surface area contributed by atoms with Crippen molar-refractivity contribution >= 4 is 11.8 Å². The monoisotopic (exact) mass is 302 g/mol. The SMILES string of the molecule is OC1(CNCc2ccn(Cc3ccccc3)c2)CCSC1. The molecule has 3 nitrogen and oxygen atoms in total. The van der Waals surface area contributed by atoms with Crippen LogP contribution in [0, 0.1) is 0 Å². The summed E-state index contributed by atoms with van der Waals surface area (Å²) in [5.74, 6) is 1.93. The molecule has 2 N–H and O–H groups in total. The first-order valence-electron chi connectivity index (χ1n) is 7.43. The predicted molar refractivity (Wildman–Crippen MR) is 88.6 cm³/mol. The van der Waals surface area contributed by atoms with E-state index in [1.165, 1.54) is 11.1 Å². The minimum absolute atomic E-state index is 0.503. The third kappa shape index (κ3) is 4.13. The van der Waals surface area contributed by atoms with Crippen LogP contribution in [0.5, 0.6) is 0 Å². The molecule has 0 saturated carbocycles. The van der Waals surface area contributed by atoms with Crippen molar-refractivity contribution in [3.8, 4) is 0 Å². The maximum atomic E-state index is 10.3. The number of nitrogens with zero attached hydrogens (tertiary/aromatic N) is 1. The fourth-order valence-corrected chi connectivity index (χ4v) is 3.96. The van der Waals surface area contributed by atoms with Crippen molar-refractivity contribution in [1.82, 2.24) is 9.88 Å². The van der Waals surface area contributed by atoms with E-state index in [4.69, 9.17) is 0 Å². The van der Waals surface area contributed by atoms with E-state index in [0.717, 1.165) is 31.0 Å². The highest BCUT2D eigenvalue weighted by Crippen LogP contribution is 2.27. The molecule has 1 saturated heterocycles. The van der Waals surface area contributed by atoms with Crippen LogP contribution in [0.25, 0.3) is 0 Å². The summed E-state index contributed by atoms with van der Waals surface area (Å²) >= 11 is 1.84. The second kappa shape index (κ2) is 6.69. The summed E-state index contributed by atoms with van der Waals surface area (Å²) in [6.07, 6.45) is 5.19. The number of aliphatic hydroxyl groups is 1. The van der Waals surface area contributed by atoms with Crippen LogP contribution >= 0.6 is 11.8 Å². The smallest absolute Gasteiger partial charge is 0.0869 e. The van der Waals surface area contributed by atoms with Crippen LogP contribution in [-0.2, 0) is 13.1 Å². The van der Waals surface area contributed by atoms with E-state index in [2.05, 4.69) is 52.6 Å². The van der Waals surface area contributed by atoms with Crippen LogP contribution in [0.15, 0.2) is 48.8 Å². The van der Waals surface area contributed by atoms with Gasteiger partial charge in [0.25, 0.3) is 0 Å². The molecule has 4 heteroatoms. The molecular formula is C17H22N2OS. The molecule has 0 radical (unpaired) electrons. The molecule has 21 heavy (non-hydrogen) atoms. The van der Waals surface area contributed by atoms with Crippen molar-refractivity contribution in [1.29, 1.82) is 0 Å². The molecule has 1 fully saturated rings. The largest absolute Gasteiger partial charge is 0.388 e. The molecule has 1 atom stereocenters. The van der Waals surface area contributed by atoms with Gasteiger partial charge in [0.15, 0.2) is 0 Å². The summed E-state index contributed by atoms with van der Waals surface area (Å²) in [5, 5.41) is 13.7. The molecule has 2 heterocycles. The zero-order valence-electron chi connectivity index (χ0n) is 12.2. The van der Waals surface area contributed by atoms with Crippen LogP contribution in [0.3, 0.4) is 0 Å². The van der Waals surface area contributed by atoms with Gasteiger partial charge < -0.3 is 15.0 Å². The van der Waals surface area contributed by atoms with Crippen LogP contribution in [0.4, 0.5) is 0 Å². The Labute approximate surface area is 130 Å². The summed E-state index contributed by atoms with van der Waals surface area (Å²) in [5.41, 5.74) is 2.07. The first-order chi connectivity index (χ1) is 10.2. The number of aromatic nitrogens is 1. The fourth-order valence-electron chi connectivity index (χ4n) is 2.66. The Morgan fingerprint density at radius 1 is 1.19 bits per heavy atom. The first-order valence-corrected chi connectivity index (χ1v) is 8.58. The van der Waals surface area contributed by atoms with Gasteiger partial charge in [0.05, 0.1) is 5.60 Å². The van der Waals surface area contributed by atoms with Crippen molar-refractivity contribution < 1.29 is 5.11 Å². The van der Waals surface area contributed by atoms with Crippen molar-refractivity contribution in [3.63, 3.8) is 0 Å². The van der Waals surface area contributed by atoms with E-state index in [-0.39, 0.29) is 0 Å². The predicted octanol–water partition coefficient (Wildman–Crippen LogP) is 2.49. The van der Waals surface area contributed by atoms with E-state index in [1.54, 1.807) is 0 Å². The molecule has 2 aromatic rings. The lowest BCUT2D eigenvalue weighted by molar-refractivity contribution is 0.0675. The van der Waals surface area contributed by atoms with E-state index >= 15 is 0 Å². The maximum Gasteiger partial charge on any atom is 0.0869 e. The van der Waals surface area contributed by atoms with Gasteiger partial charge in [-0.1, -0.05) is 30.3 Å². The molecular weight excluding hydrogens is 280 g/mol. The van der Waals surface area contributed by atoms with Gasteiger partial charge >= 0.3 is 0 Å². The van der Waals surface area contributed by atoms with Crippen LogP contribution < -0.4 is 5.32 Å². The molecule has 1 aliphatic rings. The number of thioether (sulfide) groups is 1. The summed E-state index contributed by atoms with van der Waals surface area (Å²) in [4.78, 5) is 0. The fraction of sp³-hybridized carbons (Fsp3) is 0.412. The van der Waals surface area contributed by atoms with Crippen molar-refractivity contribution in [2.24, 2.45) is 0 Å². The second-order valence-corrected chi connectivity index (χ2v) is 6.91. The Morgan fingerprint density at radius 2 is 2.05 bits per heavy atom. The highest BCUT2D eigenvalue weighted by atomic mass is 32.2. The molecule has 0 bridgehead atoms. The third-order valence-electron chi connectivity index (χ3n) is 3.89. The standard InChI is InChI=1S/C17H22N2OS/c20-17(7-9-21-14-17)13-18-10-16-6-8-19(12-16)11-15-4-2-1-3-5-15/h1-6,8,12,18,20H,7,9-11,13-14H2. The Hall–Kier alpha value is -1.23. The lowest BCUT2D eigenvalue weighted by Crippen LogP contribution is -2.40. The number of hydrogen-bond donors (Lipinski definition) is 2. The van der Waals surface area contributed by atoms with Gasteiger partial charge in [-0.05, 0) is 29.4 Å². The molecule has 1 aromatic heterocycles. The number of nitrogens with one attached hydrogen (secondary N) is 1. The average Bonchev–Trinajstić information content (AvgIpc) is 3.10. The van der Waals surface area contributed by atoms with E-state index in [0.29, 0.717) is 6.54 Å². The lowest BCUT2D eigenvalue weighted by atomic mass is 10.0. The van der Waals surface area contributed by atoms with Crippen LogP contribution in [0.2, 0.25) is 0 Å². The van der Waals surface area contributed by atoms with E-state index in [9.17, 15) is 5.11 Å². The molecule has 0 spiro atoms. The van der Waals surface area contributed by atoms with Gasteiger partial charge in [-0.25, -0.2) is 0 Å². The van der Waals surface area contributed by atoms with Gasteiger partial charge in [-0.2, -0.15) is 11.8 Å². The summed E-state index contributed by atoms with van der Waals surface area (Å²) in [6.45, 7) is 2.40. The number of benzene rings is 1. The minimum Gasteiger partial charge on any atom is -0.388 e. The van der Waals surface area contributed by atoms with Gasteiger partial charge in [-0.15, -0.1) is 0 Å². The van der Waals surface area contributed by atoms with Crippen molar-refractivity contribution in [2.75, 3.05) is 18.1 Å². The van der Waals surface area contributed by atoms with Gasteiger partial charge in [-0.3, -0.25) is 0 Å². The molecule has 0 aliphatic carbocycles. The highest BCUT2D eigenvalue weighted by molar-refractivity contribution is 7.99. The average molecular weight is 302 g/mol. The maximum absolute atomic E-state index is 10.3. The van der Waals surface area contributed by atoms with Crippen LogP contribution in [-0.4, -0.2) is 33.3 Å². The Morgan fingerprint density at radius 3 is 2.81 bits per heavy atom. The van der Waals surface area contributed by atoms with Crippen molar-refractivity contribution in [3.05, 3.63) is 59.9 Å². The number of hydrogen-bond acceptors (Lipinski definition) is 3. The lowest BCUT2D eigenvalue weighted by Gasteiger charge is -2.21. The molecule has 112 valence electrons. The third-order valence-corrected chi connectivity index (χ3v) is 5.12. The molecule has 0 amide bonds. The minimum atomic E-state index is -0.503. The van der Waals surface area contributed by atoms with Gasteiger partial charge in [0.2, 0.25) is 0 Å². The van der Waals surface area contributed by atoms with Crippen molar-refractivity contribution in [2.45, 2.75) is 25.1 Å². The molecule has 1 aromatic carbocycles. The molecule has 1 aliphatic heterocycles. The molecule has 1 unspecified atom stereocenters. The van der Waals surface area contributed by atoms with Gasteiger partial charge in [0, 0.05) is 37.8 Å². The number of rotatable bonds is 6. The normalized spacial score (nSPS) is 21.8. The van der Waals surface area contributed by atoms with E-state index < -0.39 is 5.60 Å². The quantitative estimate of drug-likeness (QED) is 0.861. The summed E-state index contributed by atoms with van der Waals surface area (Å²) < 4.78 is 2.20. The Kier molecular flexibility index (Phi) is 4.68. The Bertz CT molecular complexity index is 561. The topological polar surface area (TPSA) is 37.2 Å². The molecule has 3 rings (SSSR count). The first kappa shape index (κ1) is 14.7. The van der Waals surface area contributed by atoms with Gasteiger partial charge in [0.1, 0.15) is 0 Å². The summed E-state index contributed by atoms with van der Waals surface area (Å²) in [6, 6.07) is 12.6. The zero-order valence-corrected chi connectivity index (χ0v) is 13.0. The second-order valence-electron chi connectivity index (χ2n) is 5.81. The highest BCUT2D eigenvalue weighted by Gasteiger charge is 2.30. The van der Waals surface area contributed by atoms with Crippen LogP contribution in [0.1, 0.15) is 17.5 Å². The zero-order chi connectivity index (χ0) is 14.5. The summed E-state index contributed by atoms with van der Waals surface area (Å²) in [7, 11) is 0. The van der Waals surface area contributed by atoms with E-state index in [1.807, 2.05) is 17.8 Å². The Balaban J connectivity index is 1.49.